The normalized spacial score (nSPS) is 11.8. The molecule has 130 valence electrons. The highest BCUT2D eigenvalue weighted by Gasteiger charge is 2.24. The monoisotopic (exact) mass is 395 g/mol. The molecule has 2 aromatic carbocycles. The van der Waals surface area contributed by atoms with Crippen LogP contribution >= 0.6 is 23.2 Å². The smallest absolute Gasteiger partial charge is 0.241 e. The number of rotatable bonds is 5. The number of aromatic nitrogens is 2. The summed E-state index contributed by atoms with van der Waals surface area (Å²) in [6.45, 7) is 0.165. The first-order chi connectivity index (χ1) is 11.9. The van der Waals surface area contributed by atoms with Gasteiger partial charge in [-0.2, -0.15) is 9.40 Å². The van der Waals surface area contributed by atoms with Crippen molar-refractivity contribution in [3.63, 3.8) is 0 Å². The molecule has 0 amide bonds. The van der Waals surface area contributed by atoms with E-state index < -0.39 is 10.0 Å². The average molecular weight is 396 g/mol. The maximum atomic E-state index is 12.7. The summed E-state index contributed by atoms with van der Waals surface area (Å²) in [5.41, 5.74) is 1.66. The fourth-order valence-corrected chi connectivity index (χ4v) is 4.24. The minimum absolute atomic E-state index is 0.0142. The second-order valence-corrected chi connectivity index (χ2v) is 8.32. The van der Waals surface area contributed by atoms with Gasteiger partial charge in [0.2, 0.25) is 10.0 Å². The quantitative estimate of drug-likeness (QED) is 0.655. The zero-order valence-electron chi connectivity index (χ0n) is 13.3. The Hall–Kier alpha value is -1.86. The Morgan fingerprint density at radius 2 is 1.84 bits per heavy atom. The van der Waals surface area contributed by atoms with Crippen LogP contribution in [0.1, 0.15) is 5.56 Å². The molecule has 1 aromatic heterocycles. The zero-order valence-corrected chi connectivity index (χ0v) is 15.6. The highest BCUT2D eigenvalue weighted by Crippen LogP contribution is 2.27. The molecule has 3 rings (SSSR count). The van der Waals surface area contributed by atoms with Crippen molar-refractivity contribution in [1.82, 2.24) is 14.1 Å². The van der Waals surface area contributed by atoms with Crippen molar-refractivity contribution in [1.29, 1.82) is 0 Å². The van der Waals surface area contributed by atoms with Gasteiger partial charge in [-0.3, -0.25) is 0 Å². The van der Waals surface area contributed by atoms with Crippen LogP contribution in [-0.4, -0.2) is 29.6 Å². The molecule has 5 nitrogen and oxygen atoms in total. The van der Waals surface area contributed by atoms with Gasteiger partial charge in [0.15, 0.2) is 0 Å². The number of para-hydroxylation sites is 1. The third kappa shape index (κ3) is 3.88. The van der Waals surface area contributed by atoms with E-state index in [1.165, 1.54) is 23.5 Å². The van der Waals surface area contributed by atoms with Crippen LogP contribution in [0.25, 0.3) is 5.69 Å². The molecule has 8 heteroatoms. The van der Waals surface area contributed by atoms with Gasteiger partial charge in [0.05, 0.1) is 16.9 Å². The van der Waals surface area contributed by atoms with Crippen molar-refractivity contribution in [2.75, 3.05) is 7.05 Å². The zero-order chi connectivity index (χ0) is 18.0. The predicted molar refractivity (Wildman–Crippen MR) is 98.7 cm³/mol. The number of benzene rings is 2. The Balaban J connectivity index is 1.83. The minimum atomic E-state index is -3.77. The third-order valence-electron chi connectivity index (χ3n) is 3.64. The average Bonchev–Trinajstić information content (AvgIpc) is 3.06. The first-order valence-corrected chi connectivity index (χ1v) is 9.58. The van der Waals surface area contributed by atoms with Gasteiger partial charge in [0.1, 0.15) is 4.90 Å². The van der Waals surface area contributed by atoms with E-state index in [9.17, 15) is 8.42 Å². The lowest BCUT2D eigenvalue weighted by atomic mass is 10.3. The summed E-state index contributed by atoms with van der Waals surface area (Å²) >= 11 is 11.9. The SMILES string of the molecule is CN(Cc1cnn(-c2ccccc2)c1)S(=O)(=O)c1cc(Cl)ccc1Cl. The number of halogens is 2. The van der Waals surface area contributed by atoms with E-state index in [0.29, 0.717) is 5.02 Å². The number of nitrogens with zero attached hydrogens (tertiary/aromatic N) is 3. The summed E-state index contributed by atoms with van der Waals surface area (Å²) < 4.78 is 28.4. The fourth-order valence-electron chi connectivity index (χ4n) is 2.35. The van der Waals surface area contributed by atoms with Gasteiger partial charge in [-0.1, -0.05) is 41.4 Å². The van der Waals surface area contributed by atoms with Gasteiger partial charge < -0.3 is 0 Å². The summed E-state index contributed by atoms with van der Waals surface area (Å²) in [7, 11) is -2.27. The summed E-state index contributed by atoms with van der Waals surface area (Å²) in [6, 6.07) is 14.0. The molecule has 25 heavy (non-hydrogen) atoms. The topological polar surface area (TPSA) is 55.2 Å². The van der Waals surface area contributed by atoms with Gasteiger partial charge in [-0.25, -0.2) is 13.1 Å². The molecule has 0 spiro atoms. The van der Waals surface area contributed by atoms with Crippen LogP contribution in [-0.2, 0) is 16.6 Å². The summed E-state index contributed by atoms with van der Waals surface area (Å²) in [5.74, 6) is 0. The molecular weight excluding hydrogens is 381 g/mol. The Bertz CT molecular complexity index is 988. The van der Waals surface area contributed by atoms with Gasteiger partial charge >= 0.3 is 0 Å². The molecule has 0 saturated heterocycles. The molecule has 0 aliphatic heterocycles. The van der Waals surface area contributed by atoms with Gasteiger partial charge in [0.25, 0.3) is 0 Å². The second-order valence-electron chi connectivity index (χ2n) is 5.46. The number of hydrogen-bond donors (Lipinski definition) is 0. The van der Waals surface area contributed by atoms with Crippen LogP contribution in [0.5, 0.6) is 0 Å². The number of hydrogen-bond acceptors (Lipinski definition) is 3. The second kappa shape index (κ2) is 7.17. The van der Waals surface area contributed by atoms with Crippen molar-refractivity contribution in [3.8, 4) is 5.69 Å². The molecule has 0 bridgehead atoms. The number of sulfonamides is 1. The van der Waals surface area contributed by atoms with Crippen molar-refractivity contribution < 1.29 is 8.42 Å². The molecule has 0 unspecified atom stereocenters. The largest absolute Gasteiger partial charge is 0.244 e. The Kier molecular flexibility index (Phi) is 5.15. The molecule has 0 N–H and O–H groups in total. The van der Waals surface area contributed by atoms with Crippen LogP contribution in [0.3, 0.4) is 0 Å². The maximum absolute atomic E-state index is 12.7. The third-order valence-corrected chi connectivity index (χ3v) is 6.16. The molecule has 0 aliphatic carbocycles. The van der Waals surface area contributed by atoms with E-state index in [4.69, 9.17) is 23.2 Å². The lowest BCUT2D eigenvalue weighted by Crippen LogP contribution is -2.26. The van der Waals surface area contributed by atoms with Crippen LogP contribution < -0.4 is 0 Å². The van der Waals surface area contributed by atoms with Crippen molar-refractivity contribution in [2.24, 2.45) is 0 Å². The minimum Gasteiger partial charge on any atom is -0.241 e. The van der Waals surface area contributed by atoms with Gasteiger partial charge in [-0.05, 0) is 30.3 Å². The molecule has 0 radical (unpaired) electrons. The van der Waals surface area contributed by atoms with Crippen molar-refractivity contribution >= 4 is 33.2 Å². The van der Waals surface area contributed by atoms with Crippen LogP contribution in [0.4, 0.5) is 0 Å². The van der Waals surface area contributed by atoms with E-state index in [0.717, 1.165) is 11.3 Å². The molecule has 0 saturated carbocycles. The molecule has 1 heterocycles. The molecule has 3 aromatic rings. The first kappa shape index (κ1) is 17.9. The summed E-state index contributed by atoms with van der Waals surface area (Å²) in [6.07, 6.45) is 3.43. The lowest BCUT2D eigenvalue weighted by Gasteiger charge is -2.17. The van der Waals surface area contributed by atoms with Crippen molar-refractivity contribution in [2.45, 2.75) is 11.4 Å². The van der Waals surface area contributed by atoms with Gasteiger partial charge in [-0.15, -0.1) is 0 Å². The van der Waals surface area contributed by atoms with E-state index >= 15 is 0 Å². The van der Waals surface area contributed by atoms with Crippen molar-refractivity contribution in [3.05, 3.63) is 76.5 Å². The molecule has 0 fully saturated rings. The first-order valence-electron chi connectivity index (χ1n) is 7.38. The standard InChI is InChI=1S/C17H15Cl2N3O2S/c1-21(25(23,24)17-9-14(18)7-8-16(17)19)11-13-10-20-22(12-13)15-5-3-2-4-6-15/h2-10,12H,11H2,1H3. The van der Waals surface area contributed by atoms with E-state index in [-0.39, 0.29) is 16.5 Å². The predicted octanol–water partition coefficient (Wildman–Crippen LogP) is 4.00. The maximum Gasteiger partial charge on any atom is 0.244 e. The summed E-state index contributed by atoms with van der Waals surface area (Å²) in [5, 5.41) is 4.72. The Labute approximate surface area is 156 Å². The molecule has 0 atom stereocenters. The summed E-state index contributed by atoms with van der Waals surface area (Å²) in [4.78, 5) is -0.0142. The molecular formula is C17H15Cl2N3O2S. The van der Waals surface area contributed by atoms with Crippen LogP contribution in [0.15, 0.2) is 65.8 Å². The van der Waals surface area contributed by atoms with E-state index in [1.54, 1.807) is 23.1 Å². The van der Waals surface area contributed by atoms with Crippen LogP contribution in [0.2, 0.25) is 10.0 Å². The van der Waals surface area contributed by atoms with E-state index in [1.807, 2.05) is 30.3 Å². The fraction of sp³-hybridized carbons (Fsp3) is 0.118. The highest BCUT2D eigenvalue weighted by atomic mass is 35.5. The highest BCUT2D eigenvalue weighted by molar-refractivity contribution is 7.89. The van der Waals surface area contributed by atoms with Gasteiger partial charge in [0, 0.05) is 30.4 Å². The van der Waals surface area contributed by atoms with Crippen LogP contribution in [0, 0.1) is 0 Å². The lowest BCUT2D eigenvalue weighted by molar-refractivity contribution is 0.467. The van der Waals surface area contributed by atoms with E-state index in [2.05, 4.69) is 5.10 Å². The Morgan fingerprint density at radius 3 is 2.56 bits per heavy atom. The Morgan fingerprint density at radius 1 is 1.12 bits per heavy atom. The molecule has 0 aliphatic rings.